The molecule has 1 aromatic carbocycles. The number of nitrogens with zero attached hydrogens (tertiary/aromatic N) is 1. The topological polar surface area (TPSA) is 74.8 Å². The van der Waals surface area contributed by atoms with Crippen LogP contribution in [0.15, 0.2) is 35.4 Å². The van der Waals surface area contributed by atoms with E-state index in [0.717, 1.165) is 11.3 Å². The smallest absolute Gasteiger partial charge is 0.265 e. The lowest BCUT2D eigenvalue weighted by Gasteiger charge is -2.06. The van der Waals surface area contributed by atoms with E-state index < -0.39 is 0 Å². The highest BCUT2D eigenvalue weighted by Gasteiger charge is 2.14. The van der Waals surface area contributed by atoms with E-state index in [2.05, 4.69) is 15.3 Å². The first-order chi connectivity index (χ1) is 10.1. The third kappa shape index (κ3) is 2.65. The molecule has 21 heavy (non-hydrogen) atoms. The summed E-state index contributed by atoms with van der Waals surface area (Å²) < 4.78 is 0.356. The van der Waals surface area contributed by atoms with Crippen molar-refractivity contribution in [1.29, 1.82) is 0 Å². The Balaban J connectivity index is 2.00. The Kier molecular flexibility index (Phi) is 3.67. The number of nitrogens with one attached hydrogen (secondary N) is 2. The summed E-state index contributed by atoms with van der Waals surface area (Å²) in [6.07, 6.45) is 1.29. The van der Waals surface area contributed by atoms with Crippen LogP contribution < -0.4 is 10.9 Å². The predicted octanol–water partition coefficient (Wildman–Crippen LogP) is 3.54. The summed E-state index contributed by atoms with van der Waals surface area (Å²) in [6, 6.07) is 6.47. The van der Waals surface area contributed by atoms with Gasteiger partial charge in [-0.25, -0.2) is 4.98 Å². The lowest BCUT2D eigenvalue weighted by atomic mass is 10.2. The Bertz CT molecular complexity index is 884. The molecule has 106 valence electrons. The van der Waals surface area contributed by atoms with Crippen LogP contribution in [0.2, 0.25) is 9.36 Å². The van der Waals surface area contributed by atoms with Crippen molar-refractivity contribution in [3.63, 3.8) is 0 Å². The zero-order valence-electron chi connectivity index (χ0n) is 10.3. The summed E-state index contributed by atoms with van der Waals surface area (Å²) in [6.45, 7) is 0. The van der Waals surface area contributed by atoms with E-state index in [1.165, 1.54) is 12.4 Å². The minimum absolute atomic E-state index is 0.265. The van der Waals surface area contributed by atoms with Gasteiger partial charge in [0.15, 0.2) is 0 Å². The summed E-state index contributed by atoms with van der Waals surface area (Å²) in [4.78, 5) is 30.8. The van der Waals surface area contributed by atoms with E-state index in [-0.39, 0.29) is 11.5 Å². The molecule has 2 heterocycles. The normalized spacial score (nSPS) is 10.8. The number of fused-ring (bicyclic) bond motifs is 1. The Morgan fingerprint density at radius 1 is 1.33 bits per heavy atom. The Hall–Kier alpha value is -1.89. The van der Waals surface area contributed by atoms with E-state index in [4.69, 9.17) is 23.2 Å². The van der Waals surface area contributed by atoms with Crippen molar-refractivity contribution in [2.45, 2.75) is 0 Å². The highest BCUT2D eigenvalue weighted by Crippen LogP contribution is 2.32. The van der Waals surface area contributed by atoms with Gasteiger partial charge in [0, 0.05) is 0 Å². The summed E-state index contributed by atoms with van der Waals surface area (Å²) in [7, 11) is 0. The number of benzene rings is 1. The lowest BCUT2D eigenvalue weighted by molar-refractivity contribution is 0.103. The summed E-state index contributed by atoms with van der Waals surface area (Å²) in [5.41, 5.74) is 0.603. The van der Waals surface area contributed by atoms with Crippen molar-refractivity contribution >= 4 is 57.0 Å². The van der Waals surface area contributed by atoms with Gasteiger partial charge in [0.25, 0.3) is 11.5 Å². The Labute approximate surface area is 132 Å². The number of para-hydroxylation sites is 1. The summed E-state index contributed by atoms with van der Waals surface area (Å²) in [5, 5.41) is 3.44. The number of thiophene rings is 1. The number of anilines is 1. The van der Waals surface area contributed by atoms with Crippen LogP contribution in [0.3, 0.4) is 0 Å². The number of aromatic amines is 1. The summed E-state index contributed by atoms with van der Waals surface area (Å²) >= 11 is 12.8. The Morgan fingerprint density at radius 2 is 2.14 bits per heavy atom. The van der Waals surface area contributed by atoms with Crippen LogP contribution in [-0.4, -0.2) is 15.9 Å². The fraction of sp³-hybridized carbons (Fsp3) is 0. The molecule has 0 aliphatic rings. The first kappa shape index (κ1) is 14.1. The van der Waals surface area contributed by atoms with Crippen molar-refractivity contribution < 1.29 is 4.79 Å². The standard InChI is InChI=1S/C13H7Cl2N3O2S/c14-7-4-9(21-11(7)15)13(20)18-8-3-1-2-6-10(8)16-5-17-12(6)19/h1-5H,(H,18,20)(H,16,17,19). The maximum Gasteiger partial charge on any atom is 0.265 e. The van der Waals surface area contributed by atoms with Gasteiger partial charge in [-0.15, -0.1) is 11.3 Å². The van der Waals surface area contributed by atoms with Gasteiger partial charge in [0.05, 0.1) is 27.3 Å². The highest BCUT2D eigenvalue weighted by molar-refractivity contribution is 7.18. The number of hydrogen-bond acceptors (Lipinski definition) is 4. The van der Waals surface area contributed by atoms with Crippen LogP contribution >= 0.6 is 34.5 Å². The zero-order valence-corrected chi connectivity index (χ0v) is 12.6. The third-order valence-electron chi connectivity index (χ3n) is 2.79. The second-order valence-electron chi connectivity index (χ2n) is 4.12. The molecule has 2 N–H and O–H groups in total. The van der Waals surface area contributed by atoms with Gasteiger partial charge in [-0.1, -0.05) is 29.3 Å². The average Bonchev–Trinajstić information content (AvgIpc) is 2.80. The largest absolute Gasteiger partial charge is 0.319 e. The molecular formula is C13H7Cl2N3O2S. The van der Waals surface area contributed by atoms with Crippen molar-refractivity contribution in [1.82, 2.24) is 9.97 Å². The van der Waals surface area contributed by atoms with Crippen LogP contribution in [-0.2, 0) is 0 Å². The molecule has 0 saturated carbocycles. The van der Waals surface area contributed by atoms with Gasteiger partial charge in [-0.2, -0.15) is 0 Å². The number of carbonyl (C=O) groups excluding carboxylic acids is 1. The molecule has 0 saturated heterocycles. The number of amides is 1. The van der Waals surface area contributed by atoms with Crippen LogP contribution in [0.1, 0.15) is 9.67 Å². The molecule has 2 aromatic heterocycles. The number of hydrogen-bond donors (Lipinski definition) is 2. The second kappa shape index (κ2) is 5.48. The molecular weight excluding hydrogens is 333 g/mol. The number of carbonyl (C=O) groups is 1. The van der Waals surface area contributed by atoms with Crippen LogP contribution in [0.25, 0.3) is 10.9 Å². The number of rotatable bonds is 2. The highest BCUT2D eigenvalue weighted by atomic mass is 35.5. The molecule has 0 aliphatic heterocycles. The van der Waals surface area contributed by atoms with Gasteiger partial charge in [0.1, 0.15) is 9.85 Å². The molecule has 0 radical (unpaired) electrons. The average molecular weight is 340 g/mol. The molecule has 1 amide bonds. The van der Waals surface area contributed by atoms with Crippen molar-refractivity contribution in [3.8, 4) is 0 Å². The van der Waals surface area contributed by atoms with Gasteiger partial charge >= 0.3 is 0 Å². The second-order valence-corrected chi connectivity index (χ2v) is 6.18. The van der Waals surface area contributed by atoms with E-state index in [1.54, 1.807) is 18.2 Å². The first-order valence-corrected chi connectivity index (χ1v) is 7.36. The fourth-order valence-corrected chi connectivity index (χ4v) is 3.11. The van der Waals surface area contributed by atoms with Crippen molar-refractivity contribution in [3.05, 3.63) is 55.2 Å². The van der Waals surface area contributed by atoms with E-state index >= 15 is 0 Å². The molecule has 5 nitrogen and oxygen atoms in total. The number of aromatic nitrogens is 2. The zero-order chi connectivity index (χ0) is 15.0. The minimum Gasteiger partial charge on any atom is -0.319 e. The van der Waals surface area contributed by atoms with E-state index in [1.807, 2.05) is 0 Å². The van der Waals surface area contributed by atoms with Crippen LogP contribution in [0.4, 0.5) is 5.69 Å². The molecule has 0 unspecified atom stereocenters. The summed E-state index contributed by atoms with van der Waals surface area (Å²) in [5.74, 6) is -0.358. The van der Waals surface area contributed by atoms with Gasteiger partial charge in [-0.05, 0) is 18.2 Å². The maximum atomic E-state index is 12.2. The number of H-pyrrole nitrogens is 1. The fourth-order valence-electron chi connectivity index (χ4n) is 1.84. The third-order valence-corrected chi connectivity index (χ3v) is 4.65. The van der Waals surface area contributed by atoms with Crippen molar-refractivity contribution in [2.75, 3.05) is 5.32 Å². The van der Waals surface area contributed by atoms with E-state index in [9.17, 15) is 9.59 Å². The molecule has 8 heteroatoms. The molecule has 0 atom stereocenters. The maximum absolute atomic E-state index is 12.2. The monoisotopic (exact) mass is 339 g/mol. The molecule has 0 fully saturated rings. The first-order valence-electron chi connectivity index (χ1n) is 5.79. The molecule has 0 bridgehead atoms. The molecule has 3 aromatic rings. The predicted molar refractivity (Wildman–Crippen MR) is 84.7 cm³/mol. The van der Waals surface area contributed by atoms with E-state index in [0.29, 0.717) is 30.8 Å². The van der Waals surface area contributed by atoms with Gasteiger partial charge in [-0.3, -0.25) is 9.59 Å². The van der Waals surface area contributed by atoms with Gasteiger partial charge < -0.3 is 10.3 Å². The minimum atomic E-state index is -0.358. The molecule has 0 spiro atoms. The van der Waals surface area contributed by atoms with Gasteiger partial charge in [0.2, 0.25) is 0 Å². The number of halogens is 2. The quantitative estimate of drug-likeness (QED) is 0.749. The SMILES string of the molecule is O=C(Nc1cccc2c(=O)[nH]cnc12)c1cc(Cl)c(Cl)s1. The molecule has 0 aliphatic carbocycles. The van der Waals surface area contributed by atoms with Crippen LogP contribution in [0, 0.1) is 0 Å². The van der Waals surface area contributed by atoms with Crippen molar-refractivity contribution in [2.24, 2.45) is 0 Å². The Morgan fingerprint density at radius 3 is 2.86 bits per heavy atom. The van der Waals surface area contributed by atoms with Crippen LogP contribution in [0.5, 0.6) is 0 Å². The lowest BCUT2D eigenvalue weighted by Crippen LogP contribution is -2.13. The molecule has 3 rings (SSSR count).